The average Bonchev–Trinajstić information content (AvgIpc) is 2.81. The van der Waals surface area contributed by atoms with Gasteiger partial charge in [0, 0.05) is 6.07 Å². The van der Waals surface area contributed by atoms with Gasteiger partial charge in [0.05, 0.1) is 0 Å². The number of aryl methyl sites for hydroxylation is 1. The number of carboxylic acid groups (broad SMARTS) is 1. The second-order valence-corrected chi connectivity index (χ2v) is 10.3. The van der Waals surface area contributed by atoms with Crippen LogP contribution in [0.5, 0.6) is 5.75 Å². The van der Waals surface area contributed by atoms with E-state index in [4.69, 9.17) is 5.11 Å². The van der Waals surface area contributed by atoms with E-state index in [9.17, 15) is 9.18 Å². The molecule has 0 heterocycles. The molecule has 0 unspecified atom stereocenters. The molecule has 0 spiro atoms. The third-order valence-corrected chi connectivity index (χ3v) is 7.66. The molecule has 0 amide bonds. The molecule has 0 atom stereocenters. The summed E-state index contributed by atoms with van der Waals surface area (Å²) in [5, 5.41) is 8.55. The van der Waals surface area contributed by atoms with Crippen LogP contribution in [0.1, 0.15) is 122 Å². The predicted octanol–water partition coefficient (Wildman–Crippen LogP) is 9.57. The van der Waals surface area contributed by atoms with Gasteiger partial charge in [-0.05, 0) is 42.2 Å². The predicted molar refractivity (Wildman–Crippen MR) is 134 cm³/mol. The Labute approximate surface area is 201 Å². The Morgan fingerprint density at radius 3 is 2.09 bits per heavy atom. The van der Waals surface area contributed by atoms with Crippen molar-refractivity contribution in [1.29, 1.82) is 0 Å². The molecule has 0 saturated heterocycles. The van der Waals surface area contributed by atoms with Crippen LogP contribution in [0.3, 0.4) is 0 Å². The summed E-state index contributed by atoms with van der Waals surface area (Å²) in [4.78, 5) is 10.5. The lowest BCUT2D eigenvalue weighted by molar-refractivity contribution is 0.144. The lowest BCUT2D eigenvalue weighted by atomic mass is 9.78. The molecule has 1 aromatic rings. The molecule has 2 aliphatic carbocycles. The summed E-state index contributed by atoms with van der Waals surface area (Å²) in [5.74, 6) is 2.36. The summed E-state index contributed by atoms with van der Waals surface area (Å²) in [6.07, 6.45) is 21.3. The first-order valence-electron chi connectivity index (χ1n) is 13.7. The van der Waals surface area contributed by atoms with Crippen LogP contribution in [0, 0.1) is 23.6 Å². The molecule has 0 radical (unpaired) electrons. The highest BCUT2D eigenvalue weighted by atomic mass is 19.1. The molecule has 2 saturated carbocycles. The van der Waals surface area contributed by atoms with Crippen LogP contribution < -0.4 is 4.74 Å². The molecule has 0 aromatic heterocycles. The fourth-order valence-electron chi connectivity index (χ4n) is 5.63. The average molecular weight is 463 g/mol. The zero-order valence-electron chi connectivity index (χ0n) is 21.1. The van der Waals surface area contributed by atoms with Gasteiger partial charge in [-0.15, -0.1) is 0 Å². The first-order valence-corrected chi connectivity index (χ1v) is 13.7. The Morgan fingerprint density at radius 1 is 0.879 bits per heavy atom. The second-order valence-electron chi connectivity index (χ2n) is 10.3. The maximum Gasteiger partial charge on any atom is 0.511 e. The van der Waals surface area contributed by atoms with Crippen LogP contribution in [-0.4, -0.2) is 11.3 Å². The summed E-state index contributed by atoms with van der Waals surface area (Å²) in [7, 11) is 0. The summed E-state index contributed by atoms with van der Waals surface area (Å²) in [6, 6.07) is 4.33. The maximum absolute atomic E-state index is 14.0. The zero-order chi connectivity index (χ0) is 23.9. The zero-order valence-corrected chi connectivity index (χ0v) is 21.1. The van der Waals surface area contributed by atoms with Gasteiger partial charge in [-0.2, -0.15) is 0 Å². The van der Waals surface area contributed by atoms with Crippen LogP contribution in [0.25, 0.3) is 0 Å². The molecule has 188 valence electrons. The largest absolute Gasteiger partial charge is 0.511 e. The number of hydrogen-bond donors (Lipinski definition) is 1. The Morgan fingerprint density at radius 2 is 1.52 bits per heavy atom. The molecule has 4 heteroatoms. The van der Waals surface area contributed by atoms with E-state index in [0.717, 1.165) is 24.3 Å². The Hall–Kier alpha value is -1.58. The van der Waals surface area contributed by atoms with E-state index in [1.165, 1.54) is 102 Å². The van der Waals surface area contributed by atoms with Crippen LogP contribution >= 0.6 is 0 Å². The van der Waals surface area contributed by atoms with Crippen molar-refractivity contribution in [3.05, 3.63) is 29.6 Å². The van der Waals surface area contributed by atoms with Gasteiger partial charge in [0.2, 0.25) is 0 Å². The number of carbonyl (C=O) groups is 1. The molecule has 3 nitrogen and oxygen atoms in total. The monoisotopic (exact) mass is 462 g/mol. The van der Waals surface area contributed by atoms with Crippen molar-refractivity contribution in [2.75, 3.05) is 0 Å². The molecule has 0 aliphatic heterocycles. The Kier molecular flexibility index (Phi) is 13.5. The lowest BCUT2D eigenvalue weighted by Gasteiger charge is -2.28. The normalized spacial score (nSPS) is 21.2. The van der Waals surface area contributed by atoms with E-state index in [1.54, 1.807) is 6.07 Å². The minimum Gasteiger partial charge on any atom is -0.449 e. The molecular weight excluding hydrogens is 415 g/mol. The van der Waals surface area contributed by atoms with Crippen LogP contribution in [0.15, 0.2) is 18.2 Å². The van der Waals surface area contributed by atoms with Gasteiger partial charge in [-0.3, -0.25) is 0 Å². The van der Waals surface area contributed by atoms with Gasteiger partial charge in [0.25, 0.3) is 0 Å². The highest BCUT2D eigenvalue weighted by molar-refractivity contribution is 5.61. The van der Waals surface area contributed by atoms with Crippen molar-refractivity contribution in [2.45, 2.75) is 123 Å². The van der Waals surface area contributed by atoms with Crippen LogP contribution in [0.4, 0.5) is 9.18 Å². The fourth-order valence-corrected chi connectivity index (χ4v) is 5.63. The number of rotatable bonds is 10. The van der Waals surface area contributed by atoms with Gasteiger partial charge in [-0.1, -0.05) is 116 Å². The van der Waals surface area contributed by atoms with Gasteiger partial charge < -0.3 is 9.84 Å². The molecule has 2 aliphatic rings. The van der Waals surface area contributed by atoms with Crippen molar-refractivity contribution in [3.8, 4) is 5.75 Å². The van der Waals surface area contributed by atoms with Gasteiger partial charge in [0.15, 0.2) is 0 Å². The Bertz CT molecular complexity index is 658. The summed E-state index contributed by atoms with van der Waals surface area (Å²) in [6.45, 7) is 4.55. The third-order valence-electron chi connectivity index (χ3n) is 7.66. The fraction of sp³-hybridized carbons (Fsp3) is 0.759. The molecule has 1 aromatic carbocycles. The van der Waals surface area contributed by atoms with Gasteiger partial charge in [-0.25, -0.2) is 9.18 Å². The number of ether oxygens (including phenoxy) is 1. The molecule has 3 rings (SSSR count). The van der Waals surface area contributed by atoms with E-state index in [0.29, 0.717) is 17.9 Å². The van der Waals surface area contributed by atoms with Gasteiger partial charge >= 0.3 is 6.16 Å². The third kappa shape index (κ3) is 11.4. The van der Waals surface area contributed by atoms with E-state index >= 15 is 0 Å². The lowest BCUT2D eigenvalue weighted by Crippen LogP contribution is -2.15. The van der Waals surface area contributed by atoms with Crippen LogP contribution in [-0.2, 0) is 6.42 Å². The number of hydrogen-bond acceptors (Lipinski definition) is 2. The van der Waals surface area contributed by atoms with Crippen molar-refractivity contribution in [2.24, 2.45) is 17.8 Å². The highest BCUT2D eigenvalue weighted by Gasteiger charge is 2.21. The minimum atomic E-state index is -1.42. The smallest absolute Gasteiger partial charge is 0.449 e. The number of unbranched alkanes of at least 4 members (excludes halogenated alkanes) is 2. The number of halogens is 1. The quantitative estimate of drug-likeness (QED) is 0.214. The van der Waals surface area contributed by atoms with Crippen molar-refractivity contribution in [3.63, 3.8) is 0 Å². The Balaban J connectivity index is 0.000000357. The molecular formula is C29H47FO3. The second kappa shape index (κ2) is 16.1. The van der Waals surface area contributed by atoms with Crippen molar-refractivity contribution in [1.82, 2.24) is 0 Å². The van der Waals surface area contributed by atoms with Crippen molar-refractivity contribution < 1.29 is 19.0 Å². The maximum atomic E-state index is 14.0. The van der Waals surface area contributed by atoms with Gasteiger partial charge in [0.1, 0.15) is 11.6 Å². The highest BCUT2D eigenvalue weighted by Crippen LogP contribution is 2.34. The standard InChI is InChI=1S/C20H29FO3.C9H18/c1-2-3-4-5-15-6-8-16(9-7-15)10-11-17-12-13-18(14-19(17)21)24-20(22)23;1-2-6-9-7-4-3-5-8-9/h12-16H,2-11H2,1H3,(H,22,23);9H,2-8H2,1H3/t15-,16-;. The van der Waals surface area contributed by atoms with Crippen LogP contribution in [0.2, 0.25) is 0 Å². The molecule has 2 fully saturated rings. The molecule has 1 N–H and O–H groups in total. The van der Waals surface area contributed by atoms with E-state index in [-0.39, 0.29) is 11.6 Å². The van der Waals surface area contributed by atoms with E-state index in [2.05, 4.69) is 18.6 Å². The first-order chi connectivity index (χ1) is 16.0. The molecule has 0 bridgehead atoms. The van der Waals surface area contributed by atoms with E-state index < -0.39 is 6.16 Å². The topological polar surface area (TPSA) is 46.5 Å². The first kappa shape index (κ1) is 27.7. The summed E-state index contributed by atoms with van der Waals surface area (Å²) < 4.78 is 18.5. The molecule has 33 heavy (non-hydrogen) atoms. The summed E-state index contributed by atoms with van der Waals surface area (Å²) >= 11 is 0. The SMILES string of the molecule is CCCC1CCCCC1.CCCCC[C@H]1CC[C@H](CCc2ccc(OC(=O)O)cc2F)CC1. The number of benzene rings is 1. The van der Waals surface area contributed by atoms with E-state index in [1.807, 2.05) is 0 Å². The minimum absolute atomic E-state index is 0.0383. The summed E-state index contributed by atoms with van der Waals surface area (Å²) in [5.41, 5.74) is 0.651. The van der Waals surface area contributed by atoms with Crippen molar-refractivity contribution >= 4 is 6.16 Å².